The maximum absolute atomic E-state index is 6.14. The zero-order valence-corrected chi connectivity index (χ0v) is 27.0. The van der Waals surface area contributed by atoms with Gasteiger partial charge >= 0.3 is 0 Å². The Kier molecular flexibility index (Phi) is 11.3. The maximum atomic E-state index is 6.14. The molecule has 0 saturated carbocycles. The van der Waals surface area contributed by atoms with Crippen LogP contribution in [0.5, 0.6) is 11.5 Å². The van der Waals surface area contributed by atoms with Crippen LogP contribution in [0.15, 0.2) is 47.2 Å². The first-order valence-electron chi connectivity index (χ1n) is 15.1. The molecule has 0 N–H and O–H groups in total. The molecule has 0 unspecified atom stereocenters. The van der Waals surface area contributed by atoms with Crippen LogP contribution >= 0.6 is 22.7 Å². The first-order valence-corrected chi connectivity index (χ1v) is 16.8. The average Bonchev–Trinajstić information content (AvgIpc) is 3.58. The van der Waals surface area contributed by atoms with Crippen LogP contribution in [-0.2, 0) is 0 Å². The lowest BCUT2D eigenvalue weighted by molar-refractivity contribution is 0.304. The van der Waals surface area contributed by atoms with Crippen molar-refractivity contribution in [3.8, 4) is 43.5 Å². The first kappa shape index (κ1) is 30.4. The minimum atomic E-state index is 0.794. The van der Waals surface area contributed by atoms with Crippen LogP contribution in [0.2, 0.25) is 0 Å². The summed E-state index contributed by atoms with van der Waals surface area (Å²) in [6.45, 7) is 15.0. The third kappa shape index (κ3) is 7.39. The Labute approximate surface area is 250 Å². The molecule has 2 aromatic heterocycles. The Balaban J connectivity index is 1.59. The van der Waals surface area contributed by atoms with E-state index in [1.54, 1.807) is 0 Å². The predicted octanol–water partition coefficient (Wildman–Crippen LogP) is 12.0. The lowest BCUT2D eigenvalue weighted by Gasteiger charge is -2.16. The van der Waals surface area contributed by atoms with Crippen molar-refractivity contribution >= 4 is 22.7 Å². The maximum Gasteiger partial charge on any atom is 0.119 e. The predicted molar refractivity (Wildman–Crippen MR) is 177 cm³/mol. The molecule has 0 radical (unpaired) electrons. The monoisotopic (exact) mass is 574 g/mol. The standard InChI is InChI=1S/C36H46O2S2/c1-7-9-11-13-17-37-29-21-25(3)33(26(4)22-29)31-15-19-39-35(31)36-32(16-20-40-36)34-27(5)23-30(24-28(34)6)38-18-14-12-10-8-2/h15-16,19-24H,7-14,17-18H2,1-6H3. The summed E-state index contributed by atoms with van der Waals surface area (Å²) >= 11 is 3.68. The molecule has 0 spiro atoms. The number of unbranched alkanes of at least 4 members (excludes halogenated alkanes) is 6. The molecule has 4 rings (SSSR count). The van der Waals surface area contributed by atoms with E-state index in [1.807, 2.05) is 22.7 Å². The third-order valence-corrected chi connectivity index (χ3v) is 9.61. The second-order valence-electron chi connectivity index (χ2n) is 11.0. The number of ether oxygens (including phenoxy) is 2. The van der Waals surface area contributed by atoms with Gasteiger partial charge in [-0.25, -0.2) is 0 Å². The van der Waals surface area contributed by atoms with Crippen LogP contribution in [0.3, 0.4) is 0 Å². The molecule has 0 aliphatic carbocycles. The second-order valence-corrected chi connectivity index (χ2v) is 12.8. The minimum absolute atomic E-state index is 0.794. The SMILES string of the molecule is CCCCCCOc1cc(C)c(-c2ccsc2-c2sccc2-c2c(C)cc(OCCCCCC)cc2C)c(C)c1. The summed E-state index contributed by atoms with van der Waals surface area (Å²) in [7, 11) is 0. The summed E-state index contributed by atoms with van der Waals surface area (Å²) < 4.78 is 12.3. The Morgan fingerprint density at radius 2 is 0.900 bits per heavy atom. The fourth-order valence-corrected chi connectivity index (χ4v) is 7.66. The van der Waals surface area contributed by atoms with E-state index in [0.29, 0.717) is 0 Å². The highest BCUT2D eigenvalue weighted by Gasteiger charge is 2.20. The van der Waals surface area contributed by atoms with E-state index in [1.165, 1.54) is 92.8 Å². The van der Waals surface area contributed by atoms with E-state index in [0.717, 1.165) is 37.6 Å². The molecule has 0 amide bonds. The minimum Gasteiger partial charge on any atom is -0.494 e. The molecule has 2 nitrogen and oxygen atoms in total. The molecule has 0 bridgehead atoms. The molecule has 40 heavy (non-hydrogen) atoms. The van der Waals surface area contributed by atoms with Gasteiger partial charge in [0.25, 0.3) is 0 Å². The van der Waals surface area contributed by atoms with E-state index in [4.69, 9.17) is 9.47 Å². The van der Waals surface area contributed by atoms with Gasteiger partial charge in [0.15, 0.2) is 0 Å². The van der Waals surface area contributed by atoms with Gasteiger partial charge in [-0.3, -0.25) is 0 Å². The summed E-state index contributed by atoms with van der Waals surface area (Å²) in [5, 5.41) is 4.47. The van der Waals surface area contributed by atoms with E-state index in [9.17, 15) is 0 Å². The van der Waals surface area contributed by atoms with E-state index in [-0.39, 0.29) is 0 Å². The van der Waals surface area contributed by atoms with Gasteiger partial charge < -0.3 is 9.47 Å². The molecule has 2 aromatic carbocycles. The molecule has 4 aromatic rings. The highest BCUT2D eigenvalue weighted by Crippen LogP contribution is 2.48. The smallest absolute Gasteiger partial charge is 0.119 e. The van der Waals surface area contributed by atoms with Gasteiger partial charge in [0.2, 0.25) is 0 Å². The van der Waals surface area contributed by atoms with Crippen LogP contribution in [0, 0.1) is 27.7 Å². The average molecular weight is 575 g/mol. The number of aryl methyl sites for hydroxylation is 4. The van der Waals surface area contributed by atoms with Gasteiger partial charge in [0.1, 0.15) is 11.5 Å². The molecule has 214 valence electrons. The molecular weight excluding hydrogens is 529 g/mol. The van der Waals surface area contributed by atoms with Crippen molar-refractivity contribution < 1.29 is 9.47 Å². The van der Waals surface area contributed by atoms with Crippen molar-refractivity contribution in [1.29, 1.82) is 0 Å². The fourth-order valence-electron chi connectivity index (χ4n) is 5.67. The molecule has 0 saturated heterocycles. The van der Waals surface area contributed by atoms with Crippen molar-refractivity contribution in [1.82, 2.24) is 0 Å². The van der Waals surface area contributed by atoms with E-state index in [2.05, 4.69) is 88.7 Å². The lowest BCUT2D eigenvalue weighted by atomic mass is 9.92. The number of thiophene rings is 2. The van der Waals surface area contributed by atoms with Crippen LogP contribution in [0.25, 0.3) is 32.0 Å². The molecule has 0 aliphatic heterocycles. The van der Waals surface area contributed by atoms with Crippen LogP contribution in [0.1, 0.15) is 87.5 Å². The summed E-state index contributed by atoms with van der Waals surface area (Å²) in [4.78, 5) is 2.69. The molecule has 2 heterocycles. The fraction of sp³-hybridized carbons (Fsp3) is 0.444. The topological polar surface area (TPSA) is 18.5 Å². The number of hydrogen-bond acceptors (Lipinski definition) is 4. The molecular formula is C36H46O2S2. The first-order chi connectivity index (χ1) is 19.4. The number of rotatable bonds is 15. The number of hydrogen-bond donors (Lipinski definition) is 0. The summed E-state index contributed by atoms with van der Waals surface area (Å²) in [6.07, 6.45) is 9.77. The van der Waals surface area contributed by atoms with Crippen LogP contribution in [0.4, 0.5) is 0 Å². The largest absolute Gasteiger partial charge is 0.494 e. The van der Waals surface area contributed by atoms with Gasteiger partial charge in [-0.15, -0.1) is 22.7 Å². The van der Waals surface area contributed by atoms with E-state index >= 15 is 0 Å². The highest BCUT2D eigenvalue weighted by atomic mass is 32.1. The molecule has 0 aliphatic rings. The zero-order chi connectivity index (χ0) is 28.5. The Hall–Kier alpha value is -2.56. The van der Waals surface area contributed by atoms with Gasteiger partial charge in [-0.1, -0.05) is 52.4 Å². The van der Waals surface area contributed by atoms with Crippen molar-refractivity contribution in [2.24, 2.45) is 0 Å². The highest BCUT2D eigenvalue weighted by molar-refractivity contribution is 7.21. The normalized spacial score (nSPS) is 11.2. The molecule has 0 fully saturated rings. The second kappa shape index (κ2) is 14.9. The summed E-state index contributed by atoms with van der Waals surface area (Å²) in [6, 6.07) is 13.4. The molecule has 0 atom stereocenters. The van der Waals surface area contributed by atoms with Crippen molar-refractivity contribution in [2.75, 3.05) is 13.2 Å². The third-order valence-electron chi connectivity index (χ3n) is 7.62. The Morgan fingerprint density at radius 3 is 1.25 bits per heavy atom. The zero-order valence-electron chi connectivity index (χ0n) is 25.3. The number of benzene rings is 2. The Morgan fingerprint density at radius 1 is 0.525 bits per heavy atom. The summed E-state index contributed by atoms with van der Waals surface area (Å²) in [5.74, 6) is 1.98. The van der Waals surface area contributed by atoms with Gasteiger partial charge in [0.05, 0.1) is 23.0 Å². The van der Waals surface area contributed by atoms with E-state index < -0.39 is 0 Å². The van der Waals surface area contributed by atoms with Crippen molar-refractivity contribution in [2.45, 2.75) is 92.9 Å². The quantitative estimate of drug-likeness (QED) is 0.131. The van der Waals surface area contributed by atoms with Crippen LogP contribution < -0.4 is 9.47 Å². The molecule has 4 heteroatoms. The summed E-state index contributed by atoms with van der Waals surface area (Å²) in [5.41, 5.74) is 10.4. The Bertz CT molecular complexity index is 1230. The van der Waals surface area contributed by atoms with Crippen molar-refractivity contribution in [3.63, 3.8) is 0 Å². The van der Waals surface area contributed by atoms with Crippen LogP contribution in [-0.4, -0.2) is 13.2 Å². The van der Waals surface area contributed by atoms with Gasteiger partial charge in [0, 0.05) is 11.1 Å². The van der Waals surface area contributed by atoms with Gasteiger partial charge in [-0.2, -0.15) is 0 Å². The lowest BCUT2D eigenvalue weighted by Crippen LogP contribution is -1.99. The van der Waals surface area contributed by atoms with Gasteiger partial charge in [-0.05, 0) is 121 Å². The van der Waals surface area contributed by atoms with Crippen molar-refractivity contribution in [3.05, 3.63) is 69.4 Å².